The molecule has 1 aromatic carbocycles. The summed E-state index contributed by atoms with van der Waals surface area (Å²) in [4.78, 5) is 37.3. The summed E-state index contributed by atoms with van der Waals surface area (Å²) in [5.74, 6) is -0.340. The molecule has 3 heterocycles. The van der Waals surface area contributed by atoms with Crippen LogP contribution in [0.25, 0.3) is 0 Å². The van der Waals surface area contributed by atoms with Crippen molar-refractivity contribution in [3.05, 3.63) is 47.8 Å². The molecule has 0 spiro atoms. The molecule has 5 atom stereocenters. The summed E-state index contributed by atoms with van der Waals surface area (Å²) >= 11 is 0. The van der Waals surface area contributed by atoms with E-state index in [1.165, 1.54) is 11.0 Å². The van der Waals surface area contributed by atoms with Gasteiger partial charge in [0.1, 0.15) is 30.6 Å². The molecule has 2 aliphatic rings. The molecule has 13 nitrogen and oxygen atoms in total. The Kier molecular flexibility index (Phi) is 10.9. The van der Waals surface area contributed by atoms with Gasteiger partial charge in [0.15, 0.2) is 0 Å². The predicted octanol–water partition coefficient (Wildman–Crippen LogP) is 4.64. The van der Waals surface area contributed by atoms with Gasteiger partial charge in [-0.2, -0.15) is 9.97 Å². The average molecular weight is 631 g/mol. The number of carbonyl (C=O) groups excluding carboxylic acids is 2. The molecule has 246 valence electrons. The van der Waals surface area contributed by atoms with E-state index >= 15 is 0 Å². The quantitative estimate of drug-likeness (QED) is 0.173. The number of aromatic nitrogens is 2. The van der Waals surface area contributed by atoms with E-state index in [-0.39, 0.29) is 61.2 Å². The van der Waals surface area contributed by atoms with E-state index in [1.807, 2.05) is 37.3 Å². The van der Waals surface area contributed by atoms with Crippen molar-refractivity contribution in [2.75, 3.05) is 13.1 Å². The Balaban J connectivity index is 1.44. The normalized spacial score (nSPS) is 22.9. The Morgan fingerprint density at radius 3 is 2.51 bits per heavy atom. The first-order valence-corrected chi connectivity index (χ1v) is 15.2. The number of likely N-dealkylation sites (tertiary alicyclic amines) is 2. The molecule has 14 heteroatoms. The summed E-state index contributed by atoms with van der Waals surface area (Å²) in [6, 6.07) is 10.2. The Hall–Kier alpha value is -4.36. The second-order valence-corrected chi connectivity index (χ2v) is 12.3. The molecule has 45 heavy (non-hydrogen) atoms. The third kappa shape index (κ3) is 9.08. The van der Waals surface area contributed by atoms with Crippen LogP contribution in [0.5, 0.6) is 11.8 Å². The van der Waals surface area contributed by atoms with E-state index < -0.39 is 30.0 Å². The Morgan fingerprint density at radius 1 is 1.13 bits per heavy atom. The lowest BCUT2D eigenvalue weighted by Gasteiger charge is -2.38. The molecule has 0 unspecified atom stereocenters. The number of nitrogens with zero attached hydrogens (tertiary/aromatic N) is 5. The fourth-order valence-corrected chi connectivity index (χ4v) is 5.46. The molecular formula is C31H43FN6O7. The van der Waals surface area contributed by atoms with Crippen LogP contribution in [0.3, 0.4) is 0 Å². The summed E-state index contributed by atoms with van der Waals surface area (Å²) in [6.45, 7) is 9.40. The van der Waals surface area contributed by atoms with Gasteiger partial charge in [-0.1, -0.05) is 42.4 Å². The summed E-state index contributed by atoms with van der Waals surface area (Å²) < 4.78 is 37.8. The lowest BCUT2D eigenvalue weighted by Crippen LogP contribution is -2.48. The second-order valence-electron chi connectivity index (χ2n) is 12.3. The number of benzene rings is 1. The van der Waals surface area contributed by atoms with Crippen LogP contribution in [0, 0.1) is 0 Å². The van der Waals surface area contributed by atoms with Gasteiger partial charge >= 0.3 is 12.2 Å². The van der Waals surface area contributed by atoms with E-state index in [0.29, 0.717) is 25.8 Å². The third-order valence-corrected chi connectivity index (χ3v) is 7.65. The van der Waals surface area contributed by atoms with Crippen LogP contribution in [0.15, 0.2) is 41.6 Å². The van der Waals surface area contributed by atoms with Crippen molar-refractivity contribution in [1.29, 1.82) is 0 Å². The number of alkyl halides is 1. The number of hydrogen-bond donors (Lipinski definition) is 2. The second kappa shape index (κ2) is 14.6. The Labute approximate surface area is 262 Å². The zero-order chi connectivity index (χ0) is 32.7. The average Bonchev–Trinajstić information content (AvgIpc) is 3.41. The highest BCUT2D eigenvalue weighted by atomic mass is 19.1. The van der Waals surface area contributed by atoms with Gasteiger partial charge in [0.05, 0.1) is 18.7 Å². The van der Waals surface area contributed by atoms with E-state index in [9.17, 15) is 19.2 Å². The van der Waals surface area contributed by atoms with Gasteiger partial charge in [-0.05, 0) is 39.7 Å². The van der Waals surface area contributed by atoms with Crippen LogP contribution in [0.2, 0.25) is 0 Å². The number of amides is 2. The molecule has 3 N–H and O–H groups in total. The fraction of sp³-hybridized carbons (Fsp3) is 0.581. The van der Waals surface area contributed by atoms with E-state index in [4.69, 9.17) is 24.7 Å². The van der Waals surface area contributed by atoms with Gasteiger partial charge in [0.2, 0.25) is 23.4 Å². The first kappa shape index (κ1) is 33.5. The molecule has 2 fully saturated rings. The number of amidine groups is 1. The number of carbonyl (C=O) groups is 2. The van der Waals surface area contributed by atoms with Crippen LogP contribution >= 0.6 is 0 Å². The predicted molar refractivity (Wildman–Crippen MR) is 162 cm³/mol. The number of nitrogens with two attached hydrogens (primary N) is 1. The van der Waals surface area contributed by atoms with Gasteiger partial charge < -0.3 is 34.8 Å². The highest BCUT2D eigenvalue weighted by Crippen LogP contribution is 2.30. The van der Waals surface area contributed by atoms with Crippen molar-refractivity contribution in [3.63, 3.8) is 0 Å². The van der Waals surface area contributed by atoms with Crippen LogP contribution in [0.4, 0.5) is 14.0 Å². The number of hydrogen-bond acceptors (Lipinski definition) is 10. The molecular weight excluding hydrogens is 587 g/mol. The van der Waals surface area contributed by atoms with Gasteiger partial charge in [0, 0.05) is 31.8 Å². The lowest BCUT2D eigenvalue weighted by molar-refractivity contribution is 0.0101. The molecule has 1 aromatic heterocycles. The minimum absolute atomic E-state index is 0.0366. The van der Waals surface area contributed by atoms with Crippen LogP contribution in [-0.2, 0) is 16.1 Å². The number of oxime groups is 1. The molecule has 0 radical (unpaired) electrons. The zero-order valence-corrected chi connectivity index (χ0v) is 26.4. The number of ether oxygens (including phenoxy) is 4. The van der Waals surface area contributed by atoms with E-state index in [0.717, 1.165) is 5.56 Å². The molecule has 0 bridgehead atoms. The van der Waals surface area contributed by atoms with Gasteiger partial charge in [-0.25, -0.2) is 14.0 Å². The molecule has 0 aliphatic carbocycles. The maximum absolute atomic E-state index is 14.5. The number of rotatable bonds is 9. The number of halogens is 1. The molecule has 2 saturated heterocycles. The topological polar surface area (TPSA) is 162 Å². The minimum Gasteiger partial charge on any atom is -0.474 e. The van der Waals surface area contributed by atoms with Gasteiger partial charge in [-0.3, -0.25) is 4.90 Å². The molecule has 2 amide bonds. The lowest BCUT2D eigenvalue weighted by atomic mass is 9.98. The Bertz CT molecular complexity index is 1340. The molecule has 4 rings (SSSR count). The highest BCUT2D eigenvalue weighted by Gasteiger charge is 2.41. The van der Waals surface area contributed by atoms with Crippen molar-refractivity contribution in [1.82, 2.24) is 19.8 Å². The van der Waals surface area contributed by atoms with Crippen molar-refractivity contribution in [3.8, 4) is 11.8 Å². The summed E-state index contributed by atoms with van der Waals surface area (Å²) in [7, 11) is 0. The highest BCUT2D eigenvalue weighted by molar-refractivity contribution is 5.93. The molecule has 0 saturated carbocycles. The zero-order valence-electron chi connectivity index (χ0n) is 26.4. The van der Waals surface area contributed by atoms with Crippen molar-refractivity contribution < 1.29 is 38.1 Å². The Morgan fingerprint density at radius 2 is 1.84 bits per heavy atom. The van der Waals surface area contributed by atoms with Gasteiger partial charge in [0.25, 0.3) is 0 Å². The molecule has 2 aliphatic heterocycles. The van der Waals surface area contributed by atoms with Crippen LogP contribution in [0.1, 0.15) is 71.7 Å². The fourth-order valence-electron chi connectivity index (χ4n) is 5.46. The maximum Gasteiger partial charge on any atom is 0.410 e. The van der Waals surface area contributed by atoms with E-state index in [1.54, 1.807) is 32.6 Å². The van der Waals surface area contributed by atoms with Crippen molar-refractivity contribution >= 4 is 18.0 Å². The smallest absolute Gasteiger partial charge is 0.410 e. The van der Waals surface area contributed by atoms with Gasteiger partial charge in [-0.15, -0.1) is 0 Å². The first-order valence-electron chi connectivity index (χ1n) is 15.2. The van der Waals surface area contributed by atoms with E-state index in [2.05, 4.69) is 15.1 Å². The molecule has 2 aromatic rings. The summed E-state index contributed by atoms with van der Waals surface area (Å²) in [6.07, 6.45) is -1.47. The monoisotopic (exact) mass is 630 g/mol. The van der Waals surface area contributed by atoms with Crippen molar-refractivity contribution in [2.45, 2.75) is 103 Å². The number of piperidine rings is 1. The largest absolute Gasteiger partial charge is 0.474 e. The maximum atomic E-state index is 14.5. The SMILES string of the molecule is CC[C@@H]1C[C@@H](Oc2cc(O[C@@H](C)[C@@H]3C[C@@H](F)CN3C(=O)OC(C)(C)C)nc(C(N)=NO)n2)CCN1C(=O)OCc1ccccc1. The minimum atomic E-state index is -1.24. The summed E-state index contributed by atoms with van der Waals surface area (Å²) in [5.41, 5.74) is 5.97. The third-order valence-electron chi connectivity index (χ3n) is 7.65. The standard InChI is InChI=1S/C31H43FN6O7/c1-6-22-15-23(12-13-37(22)29(39)42-18-20-10-8-7-9-11-20)44-26-16-25(34-28(35-26)27(33)36-41)43-19(2)24-14-21(32)17-38(24)30(40)45-31(3,4)5/h7-11,16,19,21-24,41H,6,12-15,17-18H2,1-5H3,(H2,33,36)/t19-,21+,22+,23-,24-/m0/s1. The first-order chi connectivity index (χ1) is 21.4. The van der Waals surface area contributed by atoms with Crippen molar-refractivity contribution in [2.24, 2.45) is 10.9 Å². The van der Waals surface area contributed by atoms with Crippen LogP contribution in [-0.4, -0.2) is 92.2 Å². The summed E-state index contributed by atoms with van der Waals surface area (Å²) in [5, 5.41) is 12.3. The van der Waals surface area contributed by atoms with Crippen LogP contribution < -0.4 is 15.2 Å².